The summed E-state index contributed by atoms with van der Waals surface area (Å²) in [5.74, 6) is -0.730. The van der Waals surface area contributed by atoms with Gasteiger partial charge in [0.25, 0.3) is 0 Å². The van der Waals surface area contributed by atoms with Crippen molar-refractivity contribution >= 4 is 17.5 Å². The molecule has 0 radical (unpaired) electrons. The number of carboxylic acids is 1. The number of hydrogen-bond donors (Lipinski definition) is 2. The number of aromatic nitrogens is 2. The van der Waals surface area contributed by atoms with Gasteiger partial charge in [0.1, 0.15) is 5.56 Å². The van der Waals surface area contributed by atoms with Crippen LogP contribution in [0.3, 0.4) is 0 Å². The van der Waals surface area contributed by atoms with Crippen molar-refractivity contribution in [3.63, 3.8) is 0 Å². The topological polar surface area (TPSA) is 78.3 Å². The fourth-order valence-electron chi connectivity index (χ4n) is 0.745. The molecule has 0 fully saturated rings. The van der Waals surface area contributed by atoms with Crippen molar-refractivity contribution in [2.24, 2.45) is 4.99 Å². The van der Waals surface area contributed by atoms with Crippen molar-refractivity contribution in [2.75, 3.05) is 0 Å². The zero-order chi connectivity index (χ0) is 9.14. The molecule has 0 saturated heterocycles. The molecule has 12 heavy (non-hydrogen) atoms. The van der Waals surface area contributed by atoms with Crippen LogP contribution in [-0.2, 0) is 0 Å². The van der Waals surface area contributed by atoms with Crippen molar-refractivity contribution in [3.05, 3.63) is 11.8 Å². The van der Waals surface area contributed by atoms with E-state index in [0.717, 1.165) is 5.71 Å². The van der Waals surface area contributed by atoms with Gasteiger partial charge >= 0.3 is 5.97 Å². The lowest BCUT2D eigenvalue weighted by Crippen LogP contribution is -1.94. The molecule has 1 heterocycles. The summed E-state index contributed by atoms with van der Waals surface area (Å²) < 4.78 is 0. The van der Waals surface area contributed by atoms with Gasteiger partial charge in [-0.05, 0) is 13.8 Å². The molecule has 0 unspecified atom stereocenters. The van der Waals surface area contributed by atoms with E-state index in [1.54, 1.807) is 13.8 Å². The predicted molar refractivity (Wildman–Crippen MR) is 44.0 cm³/mol. The summed E-state index contributed by atoms with van der Waals surface area (Å²) in [5, 5.41) is 14.7. The Labute approximate surface area is 69.1 Å². The summed E-state index contributed by atoms with van der Waals surface area (Å²) in [7, 11) is 0. The Hall–Kier alpha value is -1.65. The highest BCUT2D eigenvalue weighted by Crippen LogP contribution is 2.14. The van der Waals surface area contributed by atoms with E-state index in [1.165, 1.54) is 6.20 Å². The van der Waals surface area contributed by atoms with Gasteiger partial charge in [0.2, 0.25) is 0 Å². The number of carboxylic acid groups (broad SMARTS) is 1. The molecule has 1 aromatic heterocycles. The highest BCUT2D eigenvalue weighted by Gasteiger charge is 2.10. The first-order valence-corrected chi connectivity index (χ1v) is 3.40. The number of rotatable bonds is 2. The van der Waals surface area contributed by atoms with E-state index in [4.69, 9.17) is 5.11 Å². The highest BCUT2D eigenvalue weighted by molar-refractivity contribution is 5.94. The molecule has 0 atom stereocenters. The largest absolute Gasteiger partial charge is 0.477 e. The SMILES string of the molecule is CC(C)=Nc1[nH]ncc1C(=O)O. The normalized spacial score (nSPS) is 9.50. The molecule has 0 aliphatic heterocycles. The minimum absolute atomic E-state index is 0.0937. The van der Waals surface area contributed by atoms with Crippen molar-refractivity contribution in [1.29, 1.82) is 0 Å². The maximum Gasteiger partial charge on any atom is 0.341 e. The van der Waals surface area contributed by atoms with E-state index in [-0.39, 0.29) is 5.56 Å². The number of nitrogens with zero attached hydrogens (tertiary/aromatic N) is 2. The average molecular weight is 167 g/mol. The van der Waals surface area contributed by atoms with Gasteiger partial charge < -0.3 is 5.11 Å². The van der Waals surface area contributed by atoms with E-state index in [0.29, 0.717) is 5.82 Å². The first kappa shape index (κ1) is 8.45. The number of aromatic amines is 1. The van der Waals surface area contributed by atoms with Crippen LogP contribution in [0.4, 0.5) is 5.82 Å². The van der Waals surface area contributed by atoms with Crippen molar-refractivity contribution in [1.82, 2.24) is 10.2 Å². The molecule has 0 aliphatic rings. The minimum atomic E-state index is -1.02. The molecular formula is C7H9N3O2. The lowest BCUT2D eigenvalue weighted by molar-refractivity contribution is 0.0698. The zero-order valence-corrected chi connectivity index (χ0v) is 6.83. The Kier molecular flexibility index (Phi) is 2.23. The Bertz CT molecular complexity index is 323. The molecule has 0 saturated carbocycles. The molecule has 64 valence electrons. The van der Waals surface area contributed by atoms with Crippen LogP contribution in [-0.4, -0.2) is 27.0 Å². The number of H-pyrrole nitrogens is 1. The molecule has 0 amide bonds. The average Bonchev–Trinajstić information content (AvgIpc) is 2.33. The van der Waals surface area contributed by atoms with E-state index in [9.17, 15) is 4.79 Å². The second-order valence-electron chi connectivity index (χ2n) is 2.50. The minimum Gasteiger partial charge on any atom is -0.477 e. The second-order valence-corrected chi connectivity index (χ2v) is 2.50. The smallest absolute Gasteiger partial charge is 0.341 e. The van der Waals surface area contributed by atoms with Gasteiger partial charge in [-0.2, -0.15) is 5.10 Å². The predicted octanol–water partition coefficient (Wildman–Crippen LogP) is 1.22. The fraction of sp³-hybridized carbons (Fsp3) is 0.286. The quantitative estimate of drug-likeness (QED) is 0.650. The molecule has 5 heteroatoms. The number of aromatic carboxylic acids is 1. The Morgan fingerprint density at radius 3 is 2.83 bits per heavy atom. The standard InChI is InChI=1S/C7H9N3O2/c1-4(2)9-6-5(7(11)12)3-8-10-6/h3H,1-2H3,(H,8,10)(H,11,12). The number of carbonyl (C=O) groups is 1. The molecular weight excluding hydrogens is 158 g/mol. The lowest BCUT2D eigenvalue weighted by atomic mass is 10.3. The summed E-state index contributed by atoms with van der Waals surface area (Å²) in [5.41, 5.74) is 0.873. The summed E-state index contributed by atoms with van der Waals surface area (Å²) in [6.45, 7) is 3.57. The van der Waals surface area contributed by atoms with Crippen molar-refractivity contribution in [2.45, 2.75) is 13.8 Å². The lowest BCUT2D eigenvalue weighted by Gasteiger charge is -1.91. The van der Waals surface area contributed by atoms with Crippen LogP contribution in [0.2, 0.25) is 0 Å². The molecule has 0 aromatic carbocycles. The van der Waals surface area contributed by atoms with Crippen LogP contribution < -0.4 is 0 Å². The van der Waals surface area contributed by atoms with Gasteiger partial charge in [0.15, 0.2) is 5.82 Å². The molecule has 0 bridgehead atoms. The van der Waals surface area contributed by atoms with Crippen molar-refractivity contribution in [3.8, 4) is 0 Å². The van der Waals surface area contributed by atoms with E-state index in [2.05, 4.69) is 15.2 Å². The first-order chi connectivity index (χ1) is 5.61. The van der Waals surface area contributed by atoms with E-state index in [1.807, 2.05) is 0 Å². The molecule has 1 aromatic rings. The number of hydrogen-bond acceptors (Lipinski definition) is 3. The van der Waals surface area contributed by atoms with Crippen LogP contribution in [0.1, 0.15) is 24.2 Å². The molecule has 5 nitrogen and oxygen atoms in total. The molecule has 0 aliphatic carbocycles. The molecule has 2 N–H and O–H groups in total. The van der Waals surface area contributed by atoms with Crippen molar-refractivity contribution < 1.29 is 9.90 Å². The van der Waals surface area contributed by atoms with Gasteiger partial charge in [-0.25, -0.2) is 9.79 Å². The Balaban J connectivity index is 3.08. The summed E-state index contributed by atoms with van der Waals surface area (Å²) in [6, 6.07) is 0. The van der Waals surface area contributed by atoms with E-state index < -0.39 is 5.97 Å². The monoisotopic (exact) mass is 167 g/mol. The number of nitrogens with one attached hydrogen (secondary N) is 1. The van der Waals surface area contributed by atoms with Gasteiger partial charge in [0, 0.05) is 5.71 Å². The van der Waals surface area contributed by atoms with Crippen LogP contribution in [0.15, 0.2) is 11.2 Å². The molecule has 1 rings (SSSR count). The third-order valence-corrected chi connectivity index (χ3v) is 1.19. The zero-order valence-electron chi connectivity index (χ0n) is 6.83. The first-order valence-electron chi connectivity index (χ1n) is 3.40. The third kappa shape index (κ3) is 1.69. The summed E-state index contributed by atoms with van der Waals surface area (Å²) >= 11 is 0. The second kappa shape index (κ2) is 3.17. The fourth-order valence-corrected chi connectivity index (χ4v) is 0.745. The maximum atomic E-state index is 10.5. The summed E-state index contributed by atoms with van der Waals surface area (Å²) in [4.78, 5) is 14.5. The van der Waals surface area contributed by atoms with Crippen LogP contribution >= 0.6 is 0 Å². The van der Waals surface area contributed by atoms with Crippen LogP contribution in [0.25, 0.3) is 0 Å². The Morgan fingerprint density at radius 2 is 2.33 bits per heavy atom. The van der Waals surface area contributed by atoms with Gasteiger partial charge in [0.05, 0.1) is 6.20 Å². The van der Waals surface area contributed by atoms with Crippen LogP contribution in [0, 0.1) is 0 Å². The third-order valence-electron chi connectivity index (χ3n) is 1.19. The highest BCUT2D eigenvalue weighted by atomic mass is 16.4. The van der Waals surface area contributed by atoms with Gasteiger partial charge in [-0.3, -0.25) is 5.10 Å². The molecule has 0 spiro atoms. The maximum absolute atomic E-state index is 10.5. The van der Waals surface area contributed by atoms with Gasteiger partial charge in [-0.15, -0.1) is 0 Å². The summed E-state index contributed by atoms with van der Waals surface area (Å²) in [6.07, 6.45) is 1.24. The number of aliphatic imine (C=N–C) groups is 1. The van der Waals surface area contributed by atoms with Gasteiger partial charge in [-0.1, -0.05) is 0 Å². The Morgan fingerprint density at radius 1 is 1.67 bits per heavy atom. The van der Waals surface area contributed by atoms with E-state index >= 15 is 0 Å². The van der Waals surface area contributed by atoms with Crippen LogP contribution in [0.5, 0.6) is 0 Å².